The summed E-state index contributed by atoms with van der Waals surface area (Å²) in [5.41, 5.74) is 3.60. The number of hydrogen-bond donors (Lipinski definition) is 0. The molecule has 5 rings (SSSR count). The summed E-state index contributed by atoms with van der Waals surface area (Å²) in [5.74, 6) is 0.684. The summed E-state index contributed by atoms with van der Waals surface area (Å²) in [7, 11) is 0. The molecule has 4 aromatic rings. The van der Waals surface area contributed by atoms with Gasteiger partial charge >= 0.3 is 5.63 Å². The molecule has 0 saturated carbocycles. The maximum Gasteiger partial charge on any atom is 0.342 e. The van der Waals surface area contributed by atoms with E-state index in [4.69, 9.17) is 21.0 Å². The van der Waals surface area contributed by atoms with Gasteiger partial charge < -0.3 is 4.42 Å². The highest BCUT2D eigenvalue weighted by atomic mass is 35.5. The van der Waals surface area contributed by atoms with E-state index in [0.29, 0.717) is 35.1 Å². The van der Waals surface area contributed by atoms with Crippen molar-refractivity contribution in [3.05, 3.63) is 87.3 Å². The number of para-hydroxylation sites is 1. The number of benzene rings is 1. The number of halogens is 1. The van der Waals surface area contributed by atoms with Gasteiger partial charge in [-0.05, 0) is 24.3 Å². The second-order valence-electron chi connectivity index (χ2n) is 7.05. The van der Waals surface area contributed by atoms with Crippen molar-refractivity contribution in [1.82, 2.24) is 19.9 Å². The van der Waals surface area contributed by atoms with Gasteiger partial charge in [-0.2, -0.15) is 0 Å². The third-order valence-corrected chi connectivity index (χ3v) is 5.58. The molecule has 0 N–H and O–H groups in total. The van der Waals surface area contributed by atoms with E-state index in [-0.39, 0.29) is 5.63 Å². The average Bonchev–Trinajstić information content (AvgIpc) is 2.77. The first-order valence-electron chi connectivity index (χ1n) is 9.37. The first kappa shape index (κ1) is 18.0. The Balaban J connectivity index is 1.41. The number of aromatic nitrogens is 3. The Bertz CT molecular complexity index is 1260. The Labute approximate surface area is 171 Å². The van der Waals surface area contributed by atoms with Crippen LogP contribution < -0.4 is 5.63 Å². The number of pyridine rings is 1. The molecule has 7 heteroatoms. The molecule has 0 radical (unpaired) electrons. The summed E-state index contributed by atoms with van der Waals surface area (Å²) in [6, 6.07) is 11.1. The molecule has 0 unspecified atom stereocenters. The monoisotopic (exact) mass is 404 g/mol. The average molecular weight is 405 g/mol. The first-order valence-corrected chi connectivity index (χ1v) is 9.74. The molecule has 3 aromatic heterocycles. The first-order chi connectivity index (χ1) is 14.2. The van der Waals surface area contributed by atoms with Crippen molar-refractivity contribution in [2.45, 2.75) is 19.5 Å². The topological polar surface area (TPSA) is 72.1 Å². The largest absolute Gasteiger partial charge is 0.422 e. The van der Waals surface area contributed by atoms with Crippen LogP contribution in [0.4, 0.5) is 0 Å². The lowest BCUT2D eigenvalue weighted by Gasteiger charge is -2.28. The second kappa shape index (κ2) is 7.39. The second-order valence-corrected chi connectivity index (χ2v) is 7.42. The van der Waals surface area contributed by atoms with Gasteiger partial charge in [-0.1, -0.05) is 23.7 Å². The highest BCUT2D eigenvalue weighted by Crippen LogP contribution is 2.27. The zero-order chi connectivity index (χ0) is 19.8. The maximum atomic E-state index is 12.5. The Hall–Kier alpha value is -3.09. The van der Waals surface area contributed by atoms with Crippen LogP contribution in [0.1, 0.15) is 16.8 Å². The van der Waals surface area contributed by atoms with Crippen molar-refractivity contribution in [3.63, 3.8) is 0 Å². The third kappa shape index (κ3) is 3.41. The van der Waals surface area contributed by atoms with Gasteiger partial charge in [0.25, 0.3) is 0 Å². The van der Waals surface area contributed by atoms with Gasteiger partial charge in [0.05, 0.1) is 16.3 Å². The van der Waals surface area contributed by atoms with E-state index in [1.165, 1.54) is 0 Å². The van der Waals surface area contributed by atoms with E-state index >= 15 is 0 Å². The quantitative estimate of drug-likeness (QED) is 0.483. The molecular formula is C22H17ClN4O2. The highest BCUT2D eigenvalue weighted by Gasteiger charge is 2.22. The van der Waals surface area contributed by atoms with Crippen molar-refractivity contribution in [2.75, 3.05) is 6.54 Å². The molecule has 6 nitrogen and oxygen atoms in total. The van der Waals surface area contributed by atoms with Crippen LogP contribution in [0.3, 0.4) is 0 Å². The predicted octanol–water partition coefficient (Wildman–Crippen LogP) is 3.86. The Morgan fingerprint density at radius 2 is 2.03 bits per heavy atom. The van der Waals surface area contributed by atoms with Crippen LogP contribution in [-0.2, 0) is 19.5 Å². The lowest BCUT2D eigenvalue weighted by molar-refractivity contribution is 0.240. The maximum absolute atomic E-state index is 12.5. The Kier molecular flexibility index (Phi) is 4.58. The molecule has 1 aliphatic heterocycles. The highest BCUT2D eigenvalue weighted by molar-refractivity contribution is 6.35. The molecule has 144 valence electrons. The van der Waals surface area contributed by atoms with Crippen LogP contribution in [0.2, 0.25) is 5.02 Å². The van der Waals surface area contributed by atoms with Crippen molar-refractivity contribution in [2.24, 2.45) is 0 Å². The van der Waals surface area contributed by atoms with E-state index in [9.17, 15) is 4.79 Å². The van der Waals surface area contributed by atoms with Crippen LogP contribution in [0.5, 0.6) is 0 Å². The van der Waals surface area contributed by atoms with E-state index in [0.717, 1.165) is 35.2 Å². The standard InChI is InChI=1S/C22H17ClN4O2/c23-20-16-5-1-2-6-19(16)29-22(28)17(20)13-27-9-7-18-15(12-27)11-25-21(26-18)14-4-3-8-24-10-14/h1-6,8,10-11H,7,9,12-13H2. The van der Waals surface area contributed by atoms with Gasteiger partial charge in [-0.3, -0.25) is 9.88 Å². The van der Waals surface area contributed by atoms with E-state index < -0.39 is 0 Å². The van der Waals surface area contributed by atoms with E-state index in [2.05, 4.69) is 14.9 Å². The molecule has 0 aliphatic carbocycles. The van der Waals surface area contributed by atoms with Gasteiger partial charge in [0.2, 0.25) is 0 Å². The molecule has 0 atom stereocenters. The van der Waals surface area contributed by atoms with E-state index in [1.54, 1.807) is 18.5 Å². The van der Waals surface area contributed by atoms with Gasteiger partial charge in [-0.15, -0.1) is 0 Å². The molecule has 1 aromatic carbocycles. The van der Waals surface area contributed by atoms with Crippen molar-refractivity contribution >= 4 is 22.6 Å². The lowest BCUT2D eigenvalue weighted by Crippen LogP contribution is -2.32. The van der Waals surface area contributed by atoms with Gasteiger partial charge in [0.1, 0.15) is 5.58 Å². The fourth-order valence-electron chi connectivity index (χ4n) is 3.65. The minimum Gasteiger partial charge on any atom is -0.422 e. The number of nitrogens with zero attached hydrogens (tertiary/aromatic N) is 4. The summed E-state index contributed by atoms with van der Waals surface area (Å²) in [4.78, 5) is 28.0. The summed E-state index contributed by atoms with van der Waals surface area (Å²) in [5, 5.41) is 1.22. The van der Waals surface area contributed by atoms with Crippen molar-refractivity contribution in [1.29, 1.82) is 0 Å². The molecule has 0 saturated heterocycles. The molecular weight excluding hydrogens is 388 g/mol. The van der Waals surface area contributed by atoms with Crippen LogP contribution in [0.25, 0.3) is 22.4 Å². The van der Waals surface area contributed by atoms with Crippen molar-refractivity contribution in [3.8, 4) is 11.4 Å². The smallest absolute Gasteiger partial charge is 0.342 e. The van der Waals surface area contributed by atoms with Gasteiger partial charge in [0, 0.05) is 61.2 Å². The van der Waals surface area contributed by atoms with Gasteiger partial charge in [-0.25, -0.2) is 14.8 Å². The number of hydrogen-bond acceptors (Lipinski definition) is 6. The van der Waals surface area contributed by atoms with Crippen LogP contribution in [0.15, 0.2) is 64.2 Å². The van der Waals surface area contributed by atoms with Crippen LogP contribution in [0, 0.1) is 0 Å². The minimum absolute atomic E-state index is 0.386. The molecule has 0 spiro atoms. The number of rotatable bonds is 3. The fraction of sp³-hybridized carbons (Fsp3) is 0.182. The molecule has 0 bridgehead atoms. The fourth-order valence-corrected chi connectivity index (χ4v) is 3.94. The zero-order valence-electron chi connectivity index (χ0n) is 15.5. The van der Waals surface area contributed by atoms with E-state index in [1.807, 2.05) is 36.5 Å². The number of fused-ring (bicyclic) bond motifs is 2. The predicted molar refractivity (Wildman–Crippen MR) is 111 cm³/mol. The molecule has 4 heterocycles. The normalized spacial score (nSPS) is 14.1. The summed E-state index contributed by atoms with van der Waals surface area (Å²) < 4.78 is 5.45. The van der Waals surface area contributed by atoms with Crippen LogP contribution in [-0.4, -0.2) is 26.4 Å². The zero-order valence-corrected chi connectivity index (χ0v) is 16.3. The lowest BCUT2D eigenvalue weighted by atomic mass is 10.1. The SMILES string of the molecule is O=c1oc2ccccc2c(Cl)c1CN1CCc2nc(-c3cccnc3)ncc2C1. The summed E-state index contributed by atoms with van der Waals surface area (Å²) >= 11 is 6.54. The Morgan fingerprint density at radius 3 is 2.90 bits per heavy atom. The molecule has 0 amide bonds. The Morgan fingerprint density at radius 1 is 1.14 bits per heavy atom. The van der Waals surface area contributed by atoms with Crippen molar-refractivity contribution < 1.29 is 4.42 Å². The molecule has 1 aliphatic rings. The summed E-state index contributed by atoms with van der Waals surface area (Å²) in [6.45, 7) is 1.86. The summed E-state index contributed by atoms with van der Waals surface area (Å²) in [6.07, 6.45) is 6.13. The third-order valence-electron chi connectivity index (χ3n) is 5.15. The van der Waals surface area contributed by atoms with Crippen LogP contribution >= 0.6 is 11.6 Å². The minimum atomic E-state index is -0.386. The molecule has 0 fully saturated rings. The van der Waals surface area contributed by atoms with Gasteiger partial charge in [0.15, 0.2) is 5.82 Å². The molecule has 29 heavy (non-hydrogen) atoms.